The Morgan fingerprint density at radius 3 is 2.20 bits per heavy atom. The molecule has 0 bridgehead atoms. The first-order valence-electron chi connectivity index (χ1n) is 11.0. The monoisotopic (exact) mass is 498 g/mol. The van der Waals surface area contributed by atoms with Gasteiger partial charge in [0, 0.05) is 21.2 Å². The molecule has 0 aromatic heterocycles. The van der Waals surface area contributed by atoms with Gasteiger partial charge in [-0.25, -0.2) is 5.43 Å². The molecule has 4 nitrogen and oxygen atoms in total. The Hall–Kier alpha value is -3.86. The number of carbonyl (C=O) groups is 1. The summed E-state index contributed by atoms with van der Waals surface area (Å²) in [6, 6.07) is 30.6. The summed E-state index contributed by atoms with van der Waals surface area (Å²) in [6.45, 7) is 0.200. The summed E-state index contributed by atoms with van der Waals surface area (Å²) >= 11 is 12.2. The molecule has 0 atom stereocenters. The fourth-order valence-electron chi connectivity index (χ4n) is 3.98. The third-order valence-corrected chi connectivity index (χ3v) is 6.29. The van der Waals surface area contributed by atoms with E-state index in [0.717, 1.165) is 32.7 Å². The lowest BCUT2D eigenvalue weighted by Crippen LogP contribution is -2.18. The number of para-hydroxylation sites is 1. The average Bonchev–Trinajstić information content (AvgIpc) is 2.88. The van der Waals surface area contributed by atoms with Crippen molar-refractivity contribution in [2.24, 2.45) is 5.10 Å². The molecule has 0 saturated heterocycles. The number of fused-ring (bicyclic) bond motifs is 2. The third-order valence-electron chi connectivity index (χ3n) is 5.70. The molecule has 5 aromatic rings. The van der Waals surface area contributed by atoms with Crippen LogP contribution < -0.4 is 10.2 Å². The predicted molar refractivity (Wildman–Crippen MR) is 144 cm³/mol. The van der Waals surface area contributed by atoms with Gasteiger partial charge in [-0.3, -0.25) is 4.79 Å². The van der Waals surface area contributed by atoms with Gasteiger partial charge in [0.15, 0.2) is 0 Å². The van der Waals surface area contributed by atoms with E-state index in [0.29, 0.717) is 21.4 Å². The number of hydrogen-bond acceptors (Lipinski definition) is 3. The van der Waals surface area contributed by atoms with Crippen molar-refractivity contribution in [1.82, 2.24) is 5.43 Å². The van der Waals surface area contributed by atoms with Crippen LogP contribution in [0.5, 0.6) is 5.75 Å². The molecule has 0 fully saturated rings. The van der Waals surface area contributed by atoms with E-state index in [-0.39, 0.29) is 12.5 Å². The second-order valence-corrected chi connectivity index (χ2v) is 8.80. The van der Waals surface area contributed by atoms with Gasteiger partial charge in [0.05, 0.1) is 11.8 Å². The number of nitrogens with zero attached hydrogens (tertiary/aromatic N) is 1. The molecular formula is C29H20Cl2N2O2. The average molecular weight is 499 g/mol. The van der Waals surface area contributed by atoms with E-state index < -0.39 is 0 Å². The molecule has 6 heteroatoms. The predicted octanol–water partition coefficient (Wildman–Crippen LogP) is 7.64. The fourth-order valence-corrected chi connectivity index (χ4v) is 4.44. The minimum Gasteiger partial charge on any atom is -0.488 e. The van der Waals surface area contributed by atoms with Crippen LogP contribution in [0, 0.1) is 0 Å². The minimum absolute atomic E-state index is 0.200. The van der Waals surface area contributed by atoms with Gasteiger partial charge in [-0.1, -0.05) is 89.9 Å². The number of carbonyl (C=O) groups excluding carboxylic acids is 1. The quantitative estimate of drug-likeness (QED) is 0.148. The van der Waals surface area contributed by atoms with Crippen molar-refractivity contribution in [1.29, 1.82) is 0 Å². The first kappa shape index (κ1) is 22.9. The van der Waals surface area contributed by atoms with Gasteiger partial charge in [0.1, 0.15) is 12.4 Å². The molecule has 0 aliphatic carbocycles. The zero-order chi connectivity index (χ0) is 24.2. The second-order valence-electron chi connectivity index (χ2n) is 7.95. The molecule has 0 unspecified atom stereocenters. The molecule has 172 valence electrons. The number of halogens is 2. The van der Waals surface area contributed by atoms with Crippen LogP contribution in [0.1, 0.15) is 21.5 Å². The first-order valence-corrected chi connectivity index (χ1v) is 11.8. The molecule has 5 aromatic carbocycles. The Morgan fingerprint density at radius 2 is 1.49 bits per heavy atom. The smallest absolute Gasteiger partial charge is 0.275 e. The van der Waals surface area contributed by atoms with Crippen molar-refractivity contribution in [2.75, 3.05) is 0 Å². The van der Waals surface area contributed by atoms with Crippen LogP contribution in [0.2, 0.25) is 10.0 Å². The standard InChI is InChI=1S/C29H20Cl2N2O2/c30-22-14-13-21(27(31)16-22)18-35-28-12-6-5-11-25(28)29(34)33-32-17-26-23-9-3-1-7-19(23)15-20-8-2-4-10-24(20)26/h1-17H,18H2,(H,33,34)/b32-17+. The topological polar surface area (TPSA) is 50.7 Å². The molecule has 35 heavy (non-hydrogen) atoms. The molecule has 0 aliphatic heterocycles. The maximum atomic E-state index is 13.0. The van der Waals surface area contributed by atoms with Crippen LogP contribution in [-0.2, 0) is 6.61 Å². The summed E-state index contributed by atoms with van der Waals surface area (Å²) in [5.74, 6) is 0.0606. The minimum atomic E-state index is -0.372. The summed E-state index contributed by atoms with van der Waals surface area (Å²) in [7, 11) is 0. The van der Waals surface area contributed by atoms with Crippen LogP contribution in [0.25, 0.3) is 21.5 Å². The summed E-state index contributed by atoms with van der Waals surface area (Å²) in [6.07, 6.45) is 1.69. The molecule has 1 amide bonds. The first-order chi connectivity index (χ1) is 17.1. The van der Waals surface area contributed by atoms with Crippen LogP contribution in [-0.4, -0.2) is 12.1 Å². The summed E-state index contributed by atoms with van der Waals surface area (Å²) in [4.78, 5) is 13.0. The SMILES string of the molecule is O=C(N/N=C/c1c2ccccc2cc2ccccc12)c1ccccc1OCc1ccc(Cl)cc1Cl. The molecule has 0 aliphatic rings. The Morgan fingerprint density at radius 1 is 0.829 bits per heavy atom. The lowest BCUT2D eigenvalue weighted by molar-refractivity contribution is 0.0950. The molecule has 5 rings (SSSR count). The van der Waals surface area contributed by atoms with Crippen molar-refractivity contribution in [3.05, 3.63) is 124 Å². The van der Waals surface area contributed by atoms with Crippen LogP contribution >= 0.6 is 23.2 Å². The highest BCUT2D eigenvalue weighted by Crippen LogP contribution is 2.27. The van der Waals surface area contributed by atoms with E-state index in [9.17, 15) is 4.79 Å². The molecule has 1 N–H and O–H groups in total. The highest BCUT2D eigenvalue weighted by atomic mass is 35.5. The van der Waals surface area contributed by atoms with Crippen molar-refractivity contribution < 1.29 is 9.53 Å². The second kappa shape index (κ2) is 10.2. The van der Waals surface area contributed by atoms with Crippen LogP contribution in [0.3, 0.4) is 0 Å². The molecular weight excluding hydrogens is 479 g/mol. The summed E-state index contributed by atoms with van der Waals surface area (Å²) in [5, 5.41) is 9.69. The largest absolute Gasteiger partial charge is 0.488 e. The Kier molecular flexibility index (Phi) is 6.66. The van der Waals surface area contributed by atoms with Gasteiger partial charge in [-0.15, -0.1) is 0 Å². The highest BCUT2D eigenvalue weighted by Gasteiger charge is 2.13. The number of ether oxygens (including phenoxy) is 1. The van der Waals surface area contributed by atoms with E-state index in [2.05, 4.69) is 40.9 Å². The van der Waals surface area contributed by atoms with E-state index in [1.807, 2.05) is 24.3 Å². The van der Waals surface area contributed by atoms with E-state index in [1.165, 1.54) is 0 Å². The van der Waals surface area contributed by atoms with Crippen molar-refractivity contribution in [3.63, 3.8) is 0 Å². The van der Waals surface area contributed by atoms with Gasteiger partial charge in [0.25, 0.3) is 5.91 Å². The normalized spacial score (nSPS) is 11.3. The zero-order valence-corrected chi connectivity index (χ0v) is 20.1. The van der Waals surface area contributed by atoms with Gasteiger partial charge in [-0.2, -0.15) is 5.10 Å². The number of nitrogens with one attached hydrogen (secondary N) is 1. The Bertz CT molecular complexity index is 1530. The van der Waals surface area contributed by atoms with Gasteiger partial charge in [0.2, 0.25) is 0 Å². The zero-order valence-electron chi connectivity index (χ0n) is 18.5. The van der Waals surface area contributed by atoms with Crippen molar-refractivity contribution in [3.8, 4) is 5.75 Å². The lowest BCUT2D eigenvalue weighted by atomic mass is 9.97. The van der Waals surface area contributed by atoms with Crippen molar-refractivity contribution in [2.45, 2.75) is 6.61 Å². The van der Waals surface area contributed by atoms with Crippen LogP contribution in [0.4, 0.5) is 0 Å². The number of amides is 1. The maximum absolute atomic E-state index is 13.0. The number of hydrazone groups is 1. The lowest BCUT2D eigenvalue weighted by Gasteiger charge is -2.12. The van der Waals surface area contributed by atoms with Crippen molar-refractivity contribution >= 4 is 56.9 Å². The van der Waals surface area contributed by atoms with Gasteiger partial charge < -0.3 is 4.74 Å². The van der Waals surface area contributed by atoms with E-state index in [1.54, 1.807) is 48.7 Å². The number of benzene rings is 5. The van der Waals surface area contributed by atoms with E-state index in [4.69, 9.17) is 27.9 Å². The molecule has 0 saturated carbocycles. The third kappa shape index (κ3) is 4.99. The summed E-state index contributed by atoms with van der Waals surface area (Å²) < 4.78 is 5.90. The van der Waals surface area contributed by atoms with Gasteiger partial charge >= 0.3 is 0 Å². The fraction of sp³-hybridized carbons (Fsp3) is 0.0345. The highest BCUT2D eigenvalue weighted by molar-refractivity contribution is 6.35. The number of rotatable bonds is 6. The van der Waals surface area contributed by atoms with E-state index >= 15 is 0 Å². The summed E-state index contributed by atoms with van der Waals surface area (Å²) in [5.41, 5.74) is 4.73. The molecule has 0 radical (unpaired) electrons. The molecule has 0 heterocycles. The van der Waals surface area contributed by atoms with Gasteiger partial charge in [-0.05, 0) is 51.9 Å². The number of hydrogen-bond donors (Lipinski definition) is 1. The van der Waals surface area contributed by atoms with Crippen LogP contribution in [0.15, 0.2) is 102 Å². The Balaban J connectivity index is 1.38. The Labute approximate surface area is 212 Å². The maximum Gasteiger partial charge on any atom is 0.275 e. The molecule has 0 spiro atoms.